The fraction of sp³-hybridized carbons (Fsp3) is 0.200. The Morgan fingerprint density at radius 3 is 2.64 bits per heavy atom. The van der Waals surface area contributed by atoms with E-state index < -0.39 is 0 Å². The maximum absolute atomic E-state index is 12.3. The highest BCUT2D eigenvalue weighted by Gasteiger charge is 2.24. The van der Waals surface area contributed by atoms with E-state index in [-0.39, 0.29) is 11.7 Å². The zero-order valence-corrected chi connectivity index (χ0v) is 17.7. The molecule has 0 atom stereocenters. The molecule has 0 aliphatic carbocycles. The van der Waals surface area contributed by atoms with Crippen molar-refractivity contribution < 1.29 is 9.90 Å². The van der Waals surface area contributed by atoms with E-state index in [1.807, 2.05) is 6.07 Å². The number of rotatable bonds is 5. The molecule has 2 N–H and O–H groups in total. The van der Waals surface area contributed by atoms with E-state index in [2.05, 4.69) is 29.1 Å². The van der Waals surface area contributed by atoms with E-state index in [1.165, 1.54) is 11.8 Å². The van der Waals surface area contributed by atoms with Gasteiger partial charge >= 0.3 is 0 Å². The molecule has 2 aromatic carbocycles. The summed E-state index contributed by atoms with van der Waals surface area (Å²) in [6.45, 7) is 5.81. The summed E-state index contributed by atoms with van der Waals surface area (Å²) in [6.07, 6.45) is 1.64. The number of aliphatic imine (C=N–C) groups is 1. The SMILES string of the molecule is CCN(CC)c1ccc(/C=C2\SC(=Nc3cccc(Cl)c3Cl)NC2=O)c(O)c1. The van der Waals surface area contributed by atoms with Crippen LogP contribution in [0.1, 0.15) is 19.4 Å². The Bertz CT molecular complexity index is 972. The molecule has 0 spiro atoms. The molecule has 0 bridgehead atoms. The second-order valence-corrected chi connectivity index (χ2v) is 7.79. The summed E-state index contributed by atoms with van der Waals surface area (Å²) in [5, 5.41) is 14.2. The third-order valence-electron chi connectivity index (χ3n) is 4.23. The number of carbonyl (C=O) groups is 1. The first-order valence-electron chi connectivity index (χ1n) is 8.74. The molecule has 1 amide bonds. The number of thioether (sulfide) groups is 1. The van der Waals surface area contributed by atoms with Crippen LogP contribution in [0.2, 0.25) is 10.0 Å². The van der Waals surface area contributed by atoms with E-state index in [0.717, 1.165) is 18.8 Å². The van der Waals surface area contributed by atoms with Crippen molar-refractivity contribution in [3.63, 3.8) is 0 Å². The summed E-state index contributed by atoms with van der Waals surface area (Å²) in [5.74, 6) is -0.164. The van der Waals surface area contributed by atoms with Gasteiger partial charge in [0.2, 0.25) is 0 Å². The van der Waals surface area contributed by atoms with Gasteiger partial charge in [-0.2, -0.15) is 0 Å². The zero-order chi connectivity index (χ0) is 20.3. The Hall–Kier alpha value is -2.15. The van der Waals surface area contributed by atoms with Crippen molar-refractivity contribution >= 4 is 63.5 Å². The number of amidine groups is 1. The molecule has 5 nitrogen and oxygen atoms in total. The van der Waals surface area contributed by atoms with E-state index in [4.69, 9.17) is 23.2 Å². The van der Waals surface area contributed by atoms with Crippen molar-refractivity contribution in [1.82, 2.24) is 5.32 Å². The molecular weight excluding hydrogens is 417 g/mol. The smallest absolute Gasteiger partial charge is 0.264 e. The molecule has 1 aliphatic heterocycles. The molecule has 0 saturated carbocycles. The highest BCUT2D eigenvalue weighted by molar-refractivity contribution is 8.18. The third-order valence-corrected chi connectivity index (χ3v) is 5.95. The van der Waals surface area contributed by atoms with Gasteiger partial charge in [-0.1, -0.05) is 29.3 Å². The Morgan fingerprint density at radius 1 is 1.21 bits per heavy atom. The number of aromatic hydroxyl groups is 1. The predicted molar refractivity (Wildman–Crippen MR) is 119 cm³/mol. The molecule has 1 saturated heterocycles. The number of phenolic OH excluding ortho intramolecular Hbond substituents is 1. The number of amides is 1. The molecule has 1 heterocycles. The lowest BCUT2D eigenvalue weighted by molar-refractivity contribution is -0.115. The predicted octanol–water partition coefficient (Wildman–Crippen LogP) is 5.44. The molecule has 0 aromatic heterocycles. The van der Waals surface area contributed by atoms with E-state index >= 15 is 0 Å². The number of carbonyl (C=O) groups excluding carboxylic acids is 1. The van der Waals surface area contributed by atoms with Crippen LogP contribution in [-0.2, 0) is 4.79 Å². The lowest BCUT2D eigenvalue weighted by Gasteiger charge is -2.21. The fourth-order valence-electron chi connectivity index (χ4n) is 2.75. The first-order valence-corrected chi connectivity index (χ1v) is 10.3. The molecule has 2 aromatic rings. The van der Waals surface area contributed by atoms with Crippen molar-refractivity contribution in [2.45, 2.75) is 13.8 Å². The fourth-order valence-corrected chi connectivity index (χ4v) is 3.91. The molecule has 0 unspecified atom stereocenters. The summed E-state index contributed by atoms with van der Waals surface area (Å²) in [5.41, 5.74) is 1.98. The van der Waals surface area contributed by atoms with Gasteiger partial charge in [-0.3, -0.25) is 4.79 Å². The summed E-state index contributed by atoms with van der Waals surface area (Å²) in [7, 11) is 0. The minimum atomic E-state index is -0.283. The van der Waals surface area contributed by atoms with Crippen molar-refractivity contribution in [3.8, 4) is 5.75 Å². The minimum absolute atomic E-state index is 0.119. The number of benzene rings is 2. The minimum Gasteiger partial charge on any atom is -0.507 e. The van der Waals surface area contributed by atoms with Crippen molar-refractivity contribution in [2.24, 2.45) is 4.99 Å². The average Bonchev–Trinajstić information content (AvgIpc) is 3.01. The largest absolute Gasteiger partial charge is 0.507 e. The normalized spacial score (nSPS) is 16.6. The number of halogens is 2. The molecule has 1 fully saturated rings. The Kier molecular flexibility index (Phi) is 6.54. The van der Waals surface area contributed by atoms with E-state index in [1.54, 1.807) is 36.4 Å². The number of hydrogen-bond donors (Lipinski definition) is 2. The number of phenols is 1. The van der Waals surface area contributed by atoms with Gasteiger partial charge in [-0.15, -0.1) is 0 Å². The molecule has 8 heteroatoms. The van der Waals surface area contributed by atoms with Crippen LogP contribution >= 0.6 is 35.0 Å². The number of nitrogens with one attached hydrogen (secondary N) is 1. The molecule has 146 valence electrons. The Balaban J connectivity index is 1.85. The van der Waals surface area contributed by atoms with Gasteiger partial charge < -0.3 is 15.3 Å². The molecule has 28 heavy (non-hydrogen) atoms. The quantitative estimate of drug-likeness (QED) is 0.613. The van der Waals surface area contributed by atoms with Gasteiger partial charge in [0.05, 0.1) is 20.6 Å². The van der Waals surface area contributed by atoms with Crippen LogP contribution in [0.3, 0.4) is 0 Å². The lowest BCUT2D eigenvalue weighted by atomic mass is 10.1. The second-order valence-electron chi connectivity index (χ2n) is 5.97. The summed E-state index contributed by atoms with van der Waals surface area (Å²) in [4.78, 5) is 19.2. The van der Waals surface area contributed by atoms with Crippen LogP contribution in [0.25, 0.3) is 6.08 Å². The summed E-state index contributed by atoms with van der Waals surface area (Å²) < 4.78 is 0. The average molecular weight is 436 g/mol. The Morgan fingerprint density at radius 2 is 1.96 bits per heavy atom. The van der Waals surface area contributed by atoms with Gasteiger partial charge in [-0.05, 0) is 56.0 Å². The van der Waals surface area contributed by atoms with Gasteiger partial charge in [0.25, 0.3) is 5.91 Å². The zero-order valence-electron chi connectivity index (χ0n) is 15.4. The second kappa shape index (κ2) is 8.90. The topological polar surface area (TPSA) is 64.9 Å². The van der Waals surface area contributed by atoms with Gasteiger partial charge in [0.1, 0.15) is 5.75 Å². The van der Waals surface area contributed by atoms with Crippen LogP contribution in [-0.4, -0.2) is 29.3 Å². The summed E-state index contributed by atoms with van der Waals surface area (Å²) in [6, 6.07) is 10.6. The van der Waals surface area contributed by atoms with Crippen molar-refractivity contribution in [1.29, 1.82) is 0 Å². The number of anilines is 1. The summed E-state index contributed by atoms with van der Waals surface area (Å²) >= 11 is 13.3. The molecule has 1 aliphatic rings. The van der Waals surface area contributed by atoms with Crippen LogP contribution in [0.5, 0.6) is 5.75 Å². The van der Waals surface area contributed by atoms with Crippen molar-refractivity contribution in [2.75, 3.05) is 18.0 Å². The van der Waals surface area contributed by atoms with Crippen LogP contribution in [0.4, 0.5) is 11.4 Å². The maximum atomic E-state index is 12.3. The van der Waals surface area contributed by atoms with Crippen LogP contribution in [0, 0.1) is 0 Å². The highest BCUT2D eigenvalue weighted by atomic mass is 35.5. The number of nitrogens with zero attached hydrogens (tertiary/aromatic N) is 2. The van der Waals surface area contributed by atoms with Crippen molar-refractivity contribution in [3.05, 3.63) is 56.9 Å². The van der Waals surface area contributed by atoms with Gasteiger partial charge in [0.15, 0.2) is 5.17 Å². The lowest BCUT2D eigenvalue weighted by Crippen LogP contribution is -2.21. The first-order chi connectivity index (χ1) is 13.4. The van der Waals surface area contributed by atoms with Crippen LogP contribution < -0.4 is 10.2 Å². The maximum Gasteiger partial charge on any atom is 0.264 e. The Labute approximate surface area is 178 Å². The third kappa shape index (κ3) is 4.46. The van der Waals surface area contributed by atoms with Crippen LogP contribution in [0.15, 0.2) is 46.3 Å². The standard InChI is InChI=1S/C20H19Cl2N3O2S/c1-3-25(4-2)13-9-8-12(16(26)11-13)10-17-19(27)24-20(28-17)23-15-7-5-6-14(21)18(15)22/h5-11,26H,3-4H2,1-2H3,(H,23,24,27)/b17-10-. The number of hydrogen-bond acceptors (Lipinski definition) is 5. The van der Waals surface area contributed by atoms with Gasteiger partial charge in [0, 0.05) is 30.4 Å². The van der Waals surface area contributed by atoms with E-state index in [0.29, 0.717) is 31.4 Å². The monoisotopic (exact) mass is 435 g/mol. The molecule has 3 rings (SSSR count). The molecular formula is C20H19Cl2N3O2S. The van der Waals surface area contributed by atoms with E-state index in [9.17, 15) is 9.90 Å². The molecule has 0 radical (unpaired) electrons. The van der Waals surface area contributed by atoms with Gasteiger partial charge in [-0.25, -0.2) is 4.99 Å². The first kappa shape index (κ1) is 20.6. The highest BCUT2D eigenvalue weighted by Crippen LogP contribution is 2.35.